The Balaban J connectivity index is 2.75. The smallest absolute Gasteiger partial charge is 0.187 e. The summed E-state index contributed by atoms with van der Waals surface area (Å²) < 4.78 is 23.7. The Bertz CT molecular complexity index is 503. The molecule has 1 heterocycles. The van der Waals surface area contributed by atoms with Crippen LogP contribution in [0.1, 0.15) is 19.4 Å². The molecule has 1 aromatic carbocycles. The van der Waals surface area contributed by atoms with Crippen molar-refractivity contribution in [2.45, 2.75) is 30.4 Å². The van der Waals surface area contributed by atoms with Gasteiger partial charge in [0.2, 0.25) is 0 Å². The molecule has 1 N–H and O–H groups in total. The van der Waals surface area contributed by atoms with Crippen molar-refractivity contribution in [3.8, 4) is 0 Å². The summed E-state index contributed by atoms with van der Waals surface area (Å²) in [5.41, 5.74) is 1.74. The maximum atomic E-state index is 12.2. The number of fused-ring (bicyclic) bond motifs is 1. The molecule has 15 heavy (non-hydrogen) atoms. The molecule has 0 fully saturated rings. The minimum absolute atomic E-state index is 0.429. The molecule has 0 amide bonds. The lowest BCUT2D eigenvalue weighted by Gasteiger charge is -2.32. The van der Waals surface area contributed by atoms with Crippen molar-refractivity contribution < 1.29 is 8.42 Å². The number of anilines is 1. The zero-order chi connectivity index (χ0) is 11.3. The van der Waals surface area contributed by atoms with Gasteiger partial charge in [0.1, 0.15) is 0 Å². The molecule has 0 unspecified atom stereocenters. The Morgan fingerprint density at radius 2 is 2.00 bits per heavy atom. The monoisotopic (exact) mass is 225 g/mol. The fourth-order valence-corrected chi connectivity index (χ4v) is 3.40. The van der Waals surface area contributed by atoms with Crippen molar-refractivity contribution in [2.75, 3.05) is 11.9 Å². The van der Waals surface area contributed by atoms with Crippen LogP contribution in [0.5, 0.6) is 0 Å². The fraction of sp³-hybridized carbons (Fsp3) is 0.455. The van der Waals surface area contributed by atoms with Crippen LogP contribution >= 0.6 is 0 Å². The lowest BCUT2D eigenvalue weighted by atomic mass is 10.1. The lowest BCUT2D eigenvalue weighted by molar-refractivity contribution is 0.548. The maximum absolute atomic E-state index is 12.2. The first-order valence-corrected chi connectivity index (χ1v) is 6.43. The molecule has 0 saturated carbocycles. The van der Waals surface area contributed by atoms with Crippen molar-refractivity contribution in [3.63, 3.8) is 0 Å². The third-order valence-corrected chi connectivity index (χ3v) is 5.46. The number of para-hydroxylation sites is 1. The predicted octanol–water partition coefficient (Wildman–Crippen LogP) is 1.97. The van der Waals surface area contributed by atoms with Gasteiger partial charge in [-0.15, -0.1) is 0 Å². The van der Waals surface area contributed by atoms with Crippen LogP contribution < -0.4 is 5.32 Å². The van der Waals surface area contributed by atoms with Gasteiger partial charge in [0.05, 0.1) is 15.3 Å². The van der Waals surface area contributed by atoms with Gasteiger partial charge in [-0.1, -0.05) is 12.1 Å². The number of hydrogen-bond acceptors (Lipinski definition) is 3. The van der Waals surface area contributed by atoms with Crippen molar-refractivity contribution in [1.29, 1.82) is 0 Å². The molecule has 82 valence electrons. The van der Waals surface area contributed by atoms with Crippen molar-refractivity contribution in [1.82, 2.24) is 0 Å². The van der Waals surface area contributed by atoms with E-state index in [9.17, 15) is 8.42 Å². The minimum Gasteiger partial charge on any atom is -0.382 e. The normalized spacial score (nSPS) is 21.5. The summed E-state index contributed by atoms with van der Waals surface area (Å²) in [6, 6.07) is 5.38. The van der Waals surface area contributed by atoms with Gasteiger partial charge in [-0.05, 0) is 32.4 Å². The van der Waals surface area contributed by atoms with Gasteiger partial charge in [0.15, 0.2) is 9.84 Å². The second-order valence-corrected chi connectivity index (χ2v) is 7.12. The molecule has 0 aromatic heterocycles. The number of nitrogens with one attached hydrogen (secondary N) is 1. The molecule has 2 rings (SSSR count). The van der Waals surface area contributed by atoms with E-state index in [2.05, 4.69) is 5.32 Å². The van der Waals surface area contributed by atoms with E-state index in [0.717, 1.165) is 11.3 Å². The molecule has 3 nitrogen and oxygen atoms in total. The van der Waals surface area contributed by atoms with E-state index < -0.39 is 14.6 Å². The second-order valence-electron chi connectivity index (χ2n) is 4.56. The third kappa shape index (κ3) is 1.35. The average molecular weight is 225 g/mol. The summed E-state index contributed by atoms with van der Waals surface area (Å²) in [4.78, 5) is 0.429. The van der Waals surface area contributed by atoms with Crippen molar-refractivity contribution in [3.05, 3.63) is 23.8 Å². The van der Waals surface area contributed by atoms with Gasteiger partial charge < -0.3 is 5.32 Å². The molecule has 1 aromatic rings. The molecule has 0 radical (unpaired) electrons. The van der Waals surface area contributed by atoms with Crippen LogP contribution in [0.25, 0.3) is 0 Å². The van der Waals surface area contributed by atoms with Gasteiger partial charge in [0, 0.05) is 6.54 Å². The highest BCUT2D eigenvalue weighted by molar-refractivity contribution is 7.93. The van der Waals surface area contributed by atoms with Crippen LogP contribution in [0, 0.1) is 6.92 Å². The van der Waals surface area contributed by atoms with Crippen LogP contribution in [-0.4, -0.2) is 19.7 Å². The molecule has 0 saturated heterocycles. The van der Waals surface area contributed by atoms with E-state index in [1.807, 2.05) is 13.0 Å². The van der Waals surface area contributed by atoms with Gasteiger partial charge in [0.25, 0.3) is 0 Å². The average Bonchev–Trinajstić information content (AvgIpc) is 2.13. The summed E-state index contributed by atoms with van der Waals surface area (Å²) in [7, 11) is -3.21. The predicted molar refractivity (Wildman–Crippen MR) is 60.9 cm³/mol. The van der Waals surface area contributed by atoms with Gasteiger partial charge in [-0.2, -0.15) is 0 Å². The zero-order valence-electron chi connectivity index (χ0n) is 9.16. The molecule has 0 atom stereocenters. The van der Waals surface area contributed by atoms with Crippen molar-refractivity contribution in [2.24, 2.45) is 0 Å². The Kier molecular flexibility index (Phi) is 2.08. The summed E-state index contributed by atoms with van der Waals surface area (Å²) in [6.07, 6.45) is 0. The quantitative estimate of drug-likeness (QED) is 0.734. The third-order valence-electron chi connectivity index (χ3n) is 2.94. The molecule has 0 aliphatic carbocycles. The minimum atomic E-state index is -3.21. The Hall–Kier alpha value is -1.03. The summed E-state index contributed by atoms with van der Waals surface area (Å²) in [6.45, 7) is 5.88. The topological polar surface area (TPSA) is 46.2 Å². The van der Waals surface area contributed by atoms with Crippen LogP contribution in [0.3, 0.4) is 0 Å². The first-order chi connectivity index (χ1) is 6.86. The van der Waals surface area contributed by atoms with E-state index in [-0.39, 0.29) is 0 Å². The van der Waals surface area contributed by atoms with Crippen LogP contribution in [-0.2, 0) is 9.84 Å². The second kappa shape index (κ2) is 2.98. The molecular weight excluding hydrogens is 210 g/mol. The maximum Gasteiger partial charge on any atom is 0.187 e. The Morgan fingerprint density at radius 1 is 1.33 bits per heavy atom. The summed E-state index contributed by atoms with van der Waals surface area (Å²) in [5, 5.41) is 3.20. The van der Waals surface area contributed by atoms with E-state index >= 15 is 0 Å². The molecule has 4 heteroatoms. The SMILES string of the molecule is Cc1cccc2c1NCC(C)(C)S2(=O)=O. The Morgan fingerprint density at radius 3 is 2.67 bits per heavy atom. The van der Waals surface area contributed by atoms with Gasteiger partial charge >= 0.3 is 0 Å². The van der Waals surface area contributed by atoms with E-state index in [1.54, 1.807) is 26.0 Å². The van der Waals surface area contributed by atoms with E-state index in [0.29, 0.717) is 11.4 Å². The summed E-state index contributed by atoms with van der Waals surface area (Å²) in [5.74, 6) is 0. The first kappa shape index (κ1) is 10.5. The van der Waals surface area contributed by atoms with E-state index in [4.69, 9.17) is 0 Å². The fourth-order valence-electron chi connectivity index (χ4n) is 1.79. The number of hydrogen-bond donors (Lipinski definition) is 1. The molecule has 0 bridgehead atoms. The van der Waals surface area contributed by atoms with Crippen LogP contribution in [0.15, 0.2) is 23.1 Å². The zero-order valence-corrected chi connectivity index (χ0v) is 9.98. The number of aryl methyl sites for hydroxylation is 1. The molecule has 1 aliphatic rings. The van der Waals surface area contributed by atoms with Gasteiger partial charge in [-0.3, -0.25) is 0 Å². The first-order valence-electron chi connectivity index (χ1n) is 4.94. The summed E-state index contributed by atoms with van der Waals surface area (Å²) >= 11 is 0. The Labute approximate surface area is 90.4 Å². The highest BCUT2D eigenvalue weighted by Crippen LogP contribution is 2.36. The van der Waals surface area contributed by atoms with Gasteiger partial charge in [-0.25, -0.2) is 8.42 Å². The number of rotatable bonds is 0. The highest BCUT2D eigenvalue weighted by atomic mass is 32.2. The molecular formula is C11H15NO2S. The van der Waals surface area contributed by atoms with Crippen molar-refractivity contribution >= 4 is 15.5 Å². The van der Waals surface area contributed by atoms with Crippen LogP contribution in [0.2, 0.25) is 0 Å². The largest absolute Gasteiger partial charge is 0.382 e. The van der Waals surface area contributed by atoms with Crippen LogP contribution in [0.4, 0.5) is 5.69 Å². The highest BCUT2D eigenvalue weighted by Gasteiger charge is 2.40. The molecule has 0 spiro atoms. The molecule has 1 aliphatic heterocycles. The van der Waals surface area contributed by atoms with E-state index in [1.165, 1.54) is 0 Å². The lowest BCUT2D eigenvalue weighted by Crippen LogP contribution is -2.43. The standard InChI is InChI=1S/C11H15NO2S/c1-8-5-4-6-9-10(8)12-7-11(2,3)15(9,13)14/h4-6,12H,7H2,1-3H3. The number of sulfone groups is 1. The number of benzene rings is 1.